The molecule has 0 aromatic rings. The van der Waals surface area contributed by atoms with Gasteiger partial charge in [0, 0.05) is 0 Å². The van der Waals surface area contributed by atoms with Crippen LogP contribution in [0.25, 0.3) is 0 Å². The van der Waals surface area contributed by atoms with Crippen LogP contribution in [0, 0.1) is 0 Å². The summed E-state index contributed by atoms with van der Waals surface area (Å²) in [6.07, 6.45) is 13.6. The highest BCUT2D eigenvalue weighted by Crippen LogP contribution is 2.13. The van der Waals surface area contributed by atoms with Gasteiger partial charge in [0.2, 0.25) is 0 Å². The average molecular weight is 226 g/mol. The van der Waals surface area contributed by atoms with Gasteiger partial charge in [0.25, 0.3) is 0 Å². The Balaban J connectivity index is 5.02. The number of allylic oxidation sites excluding steroid dienone is 11. The van der Waals surface area contributed by atoms with E-state index in [-0.39, 0.29) is 0 Å². The molecule has 0 atom stereocenters. The summed E-state index contributed by atoms with van der Waals surface area (Å²) in [5.41, 5.74) is 4.54. The van der Waals surface area contributed by atoms with E-state index in [1.165, 1.54) is 11.1 Å². The van der Waals surface area contributed by atoms with Gasteiger partial charge in [0.05, 0.1) is 0 Å². The maximum Gasteiger partial charge on any atom is -0.0233 e. The summed E-state index contributed by atoms with van der Waals surface area (Å²) in [7, 11) is 0. The lowest BCUT2D eigenvalue weighted by Gasteiger charge is -2.01. The van der Waals surface area contributed by atoms with E-state index in [2.05, 4.69) is 45.7 Å². The summed E-state index contributed by atoms with van der Waals surface area (Å²) in [6.45, 7) is 17.5. The normalized spacial score (nSPS) is 13.9. The van der Waals surface area contributed by atoms with Crippen LogP contribution in [-0.2, 0) is 0 Å². The molecule has 0 bridgehead atoms. The molecule has 0 saturated heterocycles. The second-order valence-corrected chi connectivity index (χ2v) is 3.93. The largest absolute Gasteiger partial charge is 0.0991 e. The van der Waals surface area contributed by atoms with Crippen LogP contribution in [0.2, 0.25) is 0 Å². The lowest BCUT2D eigenvalue weighted by molar-refractivity contribution is 1.35. The molecule has 0 saturated carbocycles. The Hall–Kier alpha value is -1.82. The quantitative estimate of drug-likeness (QED) is 0.538. The fraction of sp³-hybridized carbons (Fsp3) is 0.176. The van der Waals surface area contributed by atoms with Crippen molar-refractivity contribution < 1.29 is 0 Å². The molecule has 17 heavy (non-hydrogen) atoms. The molecule has 0 spiro atoms. The predicted octanol–water partition coefficient (Wildman–Crippen LogP) is 5.31. The molecule has 0 aliphatic rings. The third kappa shape index (κ3) is 6.36. The van der Waals surface area contributed by atoms with Crippen LogP contribution in [-0.4, -0.2) is 0 Å². The second kappa shape index (κ2) is 8.35. The lowest BCUT2D eigenvalue weighted by Crippen LogP contribution is -1.81. The molecule has 0 fully saturated rings. The SMILES string of the molecule is C=C\C=C/C=C(C)/C(C=C)=C/C=C(\C)C(=C)C. The molecule has 0 aromatic heterocycles. The van der Waals surface area contributed by atoms with E-state index in [0.717, 1.165) is 11.1 Å². The Kier molecular flexibility index (Phi) is 7.45. The molecule has 0 aromatic carbocycles. The molecule has 0 heterocycles. The molecule has 0 aliphatic heterocycles. The summed E-state index contributed by atoms with van der Waals surface area (Å²) in [6, 6.07) is 0. The maximum absolute atomic E-state index is 3.90. The zero-order valence-corrected chi connectivity index (χ0v) is 11.2. The van der Waals surface area contributed by atoms with Gasteiger partial charge in [-0.3, -0.25) is 0 Å². The predicted molar refractivity (Wildman–Crippen MR) is 79.9 cm³/mol. The number of hydrogen-bond acceptors (Lipinski definition) is 0. The zero-order chi connectivity index (χ0) is 13.3. The number of hydrogen-bond donors (Lipinski definition) is 0. The Labute approximate surface area is 106 Å². The van der Waals surface area contributed by atoms with Crippen molar-refractivity contribution in [1.82, 2.24) is 0 Å². The van der Waals surface area contributed by atoms with E-state index in [0.29, 0.717) is 0 Å². The topological polar surface area (TPSA) is 0 Å². The Bertz CT molecular complexity index is 409. The fourth-order valence-corrected chi connectivity index (χ4v) is 1.09. The average Bonchev–Trinajstić information content (AvgIpc) is 2.29. The molecule has 0 aliphatic carbocycles. The fourth-order valence-electron chi connectivity index (χ4n) is 1.09. The first-order chi connectivity index (χ1) is 8.02. The van der Waals surface area contributed by atoms with Crippen molar-refractivity contribution in [2.45, 2.75) is 20.8 Å². The molecule has 0 nitrogen and oxygen atoms in total. The van der Waals surface area contributed by atoms with Crippen molar-refractivity contribution in [2.75, 3.05) is 0 Å². The minimum Gasteiger partial charge on any atom is -0.0991 e. The van der Waals surface area contributed by atoms with Crippen molar-refractivity contribution in [3.63, 3.8) is 0 Å². The van der Waals surface area contributed by atoms with Crippen molar-refractivity contribution in [3.05, 3.63) is 84.6 Å². The van der Waals surface area contributed by atoms with Crippen LogP contribution in [0.15, 0.2) is 84.6 Å². The van der Waals surface area contributed by atoms with Crippen LogP contribution in [0.5, 0.6) is 0 Å². The highest BCUT2D eigenvalue weighted by molar-refractivity contribution is 5.43. The van der Waals surface area contributed by atoms with Crippen molar-refractivity contribution in [2.24, 2.45) is 0 Å². The van der Waals surface area contributed by atoms with Gasteiger partial charge in [0.15, 0.2) is 0 Å². The van der Waals surface area contributed by atoms with Crippen molar-refractivity contribution in [3.8, 4) is 0 Å². The van der Waals surface area contributed by atoms with Crippen LogP contribution in [0.4, 0.5) is 0 Å². The summed E-state index contributed by atoms with van der Waals surface area (Å²) < 4.78 is 0. The minimum atomic E-state index is 1.08. The van der Waals surface area contributed by atoms with Gasteiger partial charge in [-0.2, -0.15) is 0 Å². The third-order valence-electron chi connectivity index (χ3n) is 2.45. The zero-order valence-electron chi connectivity index (χ0n) is 11.2. The van der Waals surface area contributed by atoms with E-state index in [4.69, 9.17) is 0 Å². The van der Waals surface area contributed by atoms with E-state index in [9.17, 15) is 0 Å². The van der Waals surface area contributed by atoms with E-state index < -0.39 is 0 Å². The van der Waals surface area contributed by atoms with E-state index in [1.54, 1.807) is 6.08 Å². The molecule has 0 N–H and O–H groups in total. The van der Waals surface area contributed by atoms with Crippen LogP contribution in [0.3, 0.4) is 0 Å². The smallest absolute Gasteiger partial charge is 0.0233 e. The number of rotatable bonds is 6. The van der Waals surface area contributed by atoms with Gasteiger partial charge in [-0.15, -0.1) is 0 Å². The molecule has 0 rings (SSSR count). The molecule has 0 heteroatoms. The molecule has 0 radical (unpaired) electrons. The Morgan fingerprint density at radius 1 is 0.824 bits per heavy atom. The van der Waals surface area contributed by atoms with Gasteiger partial charge in [0.1, 0.15) is 0 Å². The Morgan fingerprint density at radius 3 is 1.94 bits per heavy atom. The van der Waals surface area contributed by atoms with Crippen LogP contribution in [0.1, 0.15) is 20.8 Å². The van der Waals surface area contributed by atoms with Crippen molar-refractivity contribution >= 4 is 0 Å². The summed E-state index contributed by atoms with van der Waals surface area (Å²) in [4.78, 5) is 0. The highest BCUT2D eigenvalue weighted by atomic mass is 14.0. The van der Waals surface area contributed by atoms with Crippen molar-refractivity contribution in [1.29, 1.82) is 0 Å². The molecular weight excluding hydrogens is 204 g/mol. The standard InChI is InChI=1S/C17H22/c1-7-9-10-11-16(6)17(8-2)13-12-15(5)14(3)4/h7-13H,1-3H2,4-6H3/b10-9-,15-12+,16-11+,17-13+. The summed E-state index contributed by atoms with van der Waals surface area (Å²) >= 11 is 0. The van der Waals surface area contributed by atoms with Crippen LogP contribution < -0.4 is 0 Å². The highest BCUT2D eigenvalue weighted by Gasteiger charge is 1.93. The van der Waals surface area contributed by atoms with Gasteiger partial charge < -0.3 is 0 Å². The van der Waals surface area contributed by atoms with E-state index >= 15 is 0 Å². The molecule has 0 unspecified atom stereocenters. The maximum atomic E-state index is 3.90. The second-order valence-electron chi connectivity index (χ2n) is 3.93. The van der Waals surface area contributed by atoms with E-state index in [1.807, 2.05) is 31.2 Å². The third-order valence-corrected chi connectivity index (χ3v) is 2.45. The van der Waals surface area contributed by atoms with Gasteiger partial charge in [-0.05, 0) is 37.5 Å². The summed E-state index contributed by atoms with van der Waals surface area (Å²) in [5, 5.41) is 0. The Morgan fingerprint density at radius 2 is 1.47 bits per heavy atom. The minimum absolute atomic E-state index is 1.08. The van der Waals surface area contributed by atoms with Gasteiger partial charge >= 0.3 is 0 Å². The van der Waals surface area contributed by atoms with Gasteiger partial charge in [-0.1, -0.05) is 67.8 Å². The monoisotopic (exact) mass is 226 g/mol. The molecular formula is C17H22. The molecule has 90 valence electrons. The first-order valence-electron chi connectivity index (χ1n) is 5.66. The first-order valence-corrected chi connectivity index (χ1v) is 5.66. The lowest BCUT2D eigenvalue weighted by atomic mass is 10.0. The first kappa shape index (κ1) is 15.2. The summed E-state index contributed by atoms with van der Waals surface area (Å²) in [5.74, 6) is 0. The van der Waals surface area contributed by atoms with Gasteiger partial charge in [-0.25, -0.2) is 0 Å². The molecule has 0 amide bonds. The van der Waals surface area contributed by atoms with Crippen LogP contribution >= 0.6 is 0 Å².